The Bertz CT molecular complexity index is 327. The molecule has 0 atom stereocenters. The third kappa shape index (κ3) is 7.47. The number of unbranched alkanes of at least 4 members (excludes halogenated alkanes) is 2. The van der Waals surface area contributed by atoms with E-state index in [-0.39, 0.29) is 24.0 Å². The number of rotatable bonds is 6. The molecule has 0 unspecified atom stereocenters. The second kappa shape index (κ2) is 11.3. The quantitative estimate of drug-likeness (QED) is 0.354. The second-order valence-corrected chi connectivity index (χ2v) is 3.88. The van der Waals surface area contributed by atoms with E-state index in [1.165, 1.54) is 19.3 Å². The molecule has 102 valence electrons. The fourth-order valence-electron chi connectivity index (χ4n) is 1.48. The van der Waals surface area contributed by atoms with E-state index in [2.05, 4.69) is 27.5 Å². The van der Waals surface area contributed by atoms with Crippen molar-refractivity contribution < 1.29 is 0 Å². The van der Waals surface area contributed by atoms with Crippen molar-refractivity contribution in [1.82, 2.24) is 15.6 Å². The predicted octanol–water partition coefficient (Wildman–Crippen LogP) is 2.55. The molecule has 5 heteroatoms. The SMILES string of the molecule is CCCCCNC(=NC)NCc1ccccn1.I. The van der Waals surface area contributed by atoms with Gasteiger partial charge in [0.25, 0.3) is 0 Å². The van der Waals surface area contributed by atoms with E-state index in [0.717, 1.165) is 18.2 Å². The minimum atomic E-state index is 0. The molecule has 0 fully saturated rings. The van der Waals surface area contributed by atoms with Crippen LogP contribution >= 0.6 is 24.0 Å². The van der Waals surface area contributed by atoms with Gasteiger partial charge >= 0.3 is 0 Å². The summed E-state index contributed by atoms with van der Waals surface area (Å²) in [6.07, 6.45) is 5.47. The molecule has 0 aliphatic carbocycles. The number of nitrogens with one attached hydrogen (secondary N) is 2. The van der Waals surface area contributed by atoms with Crippen molar-refractivity contribution in [3.05, 3.63) is 30.1 Å². The Balaban J connectivity index is 0.00000289. The zero-order chi connectivity index (χ0) is 12.3. The van der Waals surface area contributed by atoms with Crippen molar-refractivity contribution in [1.29, 1.82) is 0 Å². The molecule has 18 heavy (non-hydrogen) atoms. The summed E-state index contributed by atoms with van der Waals surface area (Å²) >= 11 is 0. The summed E-state index contributed by atoms with van der Waals surface area (Å²) in [5.41, 5.74) is 1.02. The van der Waals surface area contributed by atoms with Crippen LogP contribution in [0.1, 0.15) is 31.9 Å². The number of aromatic nitrogens is 1. The van der Waals surface area contributed by atoms with Crippen molar-refractivity contribution in [3.63, 3.8) is 0 Å². The first-order chi connectivity index (χ1) is 8.36. The van der Waals surface area contributed by atoms with Crippen LogP contribution in [0.25, 0.3) is 0 Å². The lowest BCUT2D eigenvalue weighted by atomic mass is 10.2. The van der Waals surface area contributed by atoms with Gasteiger partial charge in [0.05, 0.1) is 12.2 Å². The normalized spacial score (nSPS) is 10.7. The van der Waals surface area contributed by atoms with Gasteiger partial charge in [-0.25, -0.2) is 0 Å². The minimum Gasteiger partial charge on any atom is -0.356 e. The summed E-state index contributed by atoms with van der Waals surface area (Å²) in [6, 6.07) is 5.90. The molecule has 0 aliphatic rings. The molecule has 0 aromatic carbocycles. The van der Waals surface area contributed by atoms with E-state index < -0.39 is 0 Å². The van der Waals surface area contributed by atoms with Crippen molar-refractivity contribution in [3.8, 4) is 0 Å². The predicted molar refractivity (Wildman–Crippen MR) is 87.4 cm³/mol. The lowest BCUT2D eigenvalue weighted by Gasteiger charge is -2.11. The fourth-order valence-corrected chi connectivity index (χ4v) is 1.48. The molecule has 0 radical (unpaired) electrons. The fraction of sp³-hybridized carbons (Fsp3) is 0.538. The Hall–Kier alpha value is -0.850. The van der Waals surface area contributed by atoms with Crippen LogP contribution in [0.5, 0.6) is 0 Å². The molecule has 0 amide bonds. The van der Waals surface area contributed by atoms with Crippen LogP contribution in [0.2, 0.25) is 0 Å². The van der Waals surface area contributed by atoms with Crippen LogP contribution in [0.15, 0.2) is 29.4 Å². The highest BCUT2D eigenvalue weighted by Crippen LogP contribution is 1.93. The summed E-state index contributed by atoms with van der Waals surface area (Å²) in [5.74, 6) is 0.840. The van der Waals surface area contributed by atoms with E-state index in [4.69, 9.17) is 0 Å². The van der Waals surface area contributed by atoms with Gasteiger partial charge in [-0.05, 0) is 18.6 Å². The van der Waals surface area contributed by atoms with E-state index in [1.807, 2.05) is 18.2 Å². The molecule has 0 spiro atoms. The number of pyridine rings is 1. The van der Waals surface area contributed by atoms with Gasteiger partial charge in [0.2, 0.25) is 0 Å². The van der Waals surface area contributed by atoms with Gasteiger partial charge in [-0.15, -0.1) is 24.0 Å². The Morgan fingerprint density at radius 1 is 1.28 bits per heavy atom. The van der Waals surface area contributed by atoms with E-state index in [0.29, 0.717) is 6.54 Å². The second-order valence-electron chi connectivity index (χ2n) is 3.88. The third-order valence-corrected chi connectivity index (χ3v) is 2.46. The molecule has 1 rings (SSSR count). The number of hydrogen-bond acceptors (Lipinski definition) is 2. The zero-order valence-corrected chi connectivity index (χ0v) is 13.5. The summed E-state index contributed by atoms with van der Waals surface area (Å²) in [4.78, 5) is 8.42. The number of aliphatic imine (C=N–C) groups is 1. The third-order valence-electron chi connectivity index (χ3n) is 2.46. The van der Waals surface area contributed by atoms with Gasteiger partial charge in [-0.3, -0.25) is 9.98 Å². The highest BCUT2D eigenvalue weighted by Gasteiger charge is 1.97. The van der Waals surface area contributed by atoms with Crippen molar-refractivity contribution in [2.75, 3.05) is 13.6 Å². The Morgan fingerprint density at radius 3 is 2.72 bits per heavy atom. The molecule has 4 nitrogen and oxygen atoms in total. The van der Waals surface area contributed by atoms with Crippen molar-refractivity contribution >= 4 is 29.9 Å². The van der Waals surface area contributed by atoms with Crippen LogP contribution in [-0.4, -0.2) is 24.5 Å². The summed E-state index contributed by atoms with van der Waals surface area (Å²) in [6.45, 7) is 3.87. The Morgan fingerprint density at radius 2 is 2.11 bits per heavy atom. The van der Waals surface area contributed by atoms with Crippen LogP contribution in [0, 0.1) is 0 Å². The highest BCUT2D eigenvalue weighted by atomic mass is 127. The smallest absolute Gasteiger partial charge is 0.191 e. The molecule has 1 aromatic rings. The number of guanidine groups is 1. The maximum Gasteiger partial charge on any atom is 0.191 e. The summed E-state index contributed by atoms with van der Waals surface area (Å²) < 4.78 is 0. The molecule has 0 aliphatic heterocycles. The number of halogens is 1. The Kier molecular flexibility index (Phi) is 10.7. The molecular weight excluding hydrogens is 339 g/mol. The van der Waals surface area contributed by atoms with Crippen LogP contribution in [0.3, 0.4) is 0 Å². The first kappa shape index (κ1) is 17.2. The minimum absolute atomic E-state index is 0. The maximum absolute atomic E-state index is 4.25. The van der Waals surface area contributed by atoms with Crippen LogP contribution in [-0.2, 0) is 6.54 Å². The molecule has 0 bridgehead atoms. The van der Waals surface area contributed by atoms with E-state index in [9.17, 15) is 0 Å². The van der Waals surface area contributed by atoms with Gasteiger partial charge in [-0.1, -0.05) is 25.8 Å². The lowest BCUT2D eigenvalue weighted by Crippen LogP contribution is -2.37. The number of hydrogen-bond donors (Lipinski definition) is 2. The average Bonchev–Trinajstić information content (AvgIpc) is 2.39. The maximum atomic E-state index is 4.25. The topological polar surface area (TPSA) is 49.3 Å². The van der Waals surface area contributed by atoms with Crippen LogP contribution in [0.4, 0.5) is 0 Å². The van der Waals surface area contributed by atoms with Gasteiger partial charge in [0.1, 0.15) is 0 Å². The van der Waals surface area contributed by atoms with Crippen molar-refractivity contribution in [2.45, 2.75) is 32.7 Å². The molecule has 1 aromatic heterocycles. The lowest BCUT2D eigenvalue weighted by molar-refractivity contribution is 0.681. The first-order valence-corrected chi connectivity index (χ1v) is 6.21. The summed E-state index contributed by atoms with van der Waals surface area (Å²) in [7, 11) is 1.79. The molecular formula is C13H23IN4. The largest absolute Gasteiger partial charge is 0.356 e. The highest BCUT2D eigenvalue weighted by molar-refractivity contribution is 14.0. The van der Waals surface area contributed by atoms with Gasteiger partial charge < -0.3 is 10.6 Å². The van der Waals surface area contributed by atoms with Crippen molar-refractivity contribution in [2.24, 2.45) is 4.99 Å². The van der Waals surface area contributed by atoms with E-state index >= 15 is 0 Å². The molecule has 1 heterocycles. The molecule has 2 N–H and O–H groups in total. The Labute approximate surface area is 127 Å². The first-order valence-electron chi connectivity index (χ1n) is 6.21. The average molecular weight is 362 g/mol. The number of nitrogens with zero attached hydrogens (tertiary/aromatic N) is 2. The van der Waals surface area contributed by atoms with Gasteiger partial charge in [-0.2, -0.15) is 0 Å². The molecule has 0 saturated carbocycles. The van der Waals surface area contributed by atoms with Crippen LogP contribution < -0.4 is 10.6 Å². The van der Waals surface area contributed by atoms with E-state index in [1.54, 1.807) is 13.2 Å². The molecule has 0 saturated heterocycles. The summed E-state index contributed by atoms with van der Waals surface area (Å²) in [5, 5.41) is 6.52. The monoisotopic (exact) mass is 362 g/mol. The van der Waals surface area contributed by atoms with Gasteiger partial charge in [0, 0.05) is 19.8 Å². The van der Waals surface area contributed by atoms with Gasteiger partial charge in [0.15, 0.2) is 5.96 Å². The zero-order valence-electron chi connectivity index (χ0n) is 11.1. The standard InChI is InChI=1S/C13H22N4.HI/c1-3-4-6-10-16-13(14-2)17-11-12-8-5-7-9-15-12;/h5,7-9H,3-4,6,10-11H2,1-2H3,(H2,14,16,17);1H.